The summed E-state index contributed by atoms with van der Waals surface area (Å²) in [6.07, 6.45) is 1.44. The molecule has 204 valence electrons. The highest BCUT2D eigenvalue weighted by molar-refractivity contribution is 6.00. The van der Waals surface area contributed by atoms with Crippen molar-refractivity contribution in [3.05, 3.63) is 71.4 Å². The zero-order valence-electron chi connectivity index (χ0n) is 22.1. The fraction of sp³-hybridized carbons (Fsp3) is 0.321. The Bertz CT molecular complexity index is 1520. The number of urea groups is 1. The first kappa shape index (κ1) is 26.5. The number of morpholine rings is 1. The zero-order chi connectivity index (χ0) is 27.7. The lowest BCUT2D eigenvalue weighted by molar-refractivity contribution is 0.0334. The second-order valence-corrected chi connectivity index (χ2v) is 10.1. The van der Waals surface area contributed by atoms with Crippen molar-refractivity contribution in [2.75, 3.05) is 42.7 Å². The predicted molar refractivity (Wildman–Crippen MR) is 147 cm³/mol. The maximum Gasteiger partial charge on any atom is 0.323 e. The van der Waals surface area contributed by atoms with Gasteiger partial charge in [0.15, 0.2) is 5.82 Å². The molecule has 2 aromatic carbocycles. The van der Waals surface area contributed by atoms with E-state index in [1.165, 1.54) is 32.3 Å². The number of ether oxygens (including phenoxy) is 1. The molecule has 0 radical (unpaired) electrons. The largest absolute Gasteiger partial charge is 0.382 e. The Morgan fingerprint density at radius 3 is 2.59 bits per heavy atom. The molecule has 0 aliphatic carbocycles. The van der Waals surface area contributed by atoms with E-state index in [4.69, 9.17) is 10.5 Å². The third-order valence-electron chi connectivity index (χ3n) is 6.82. The number of nitrogen functional groups attached to an aromatic ring is 1. The summed E-state index contributed by atoms with van der Waals surface area (Å²) in [5, 5.41) is 9.65. The van der Waals surface area contributed by atoms with Gasteiger partial charge in [-0.1, -0.05) is 12.1 Å². The van der Waals surface area contributed by atoms with E-state index in [2.05, 4.69) is 31.7 Å². The summed E-state index contributed by atoms with van der Waals surface area (Å²) < 4.78 is 35.9. The number of amides is 2. The van der Waals surface area contributed by atoms with E-state index in [0.29, 0.717) is 36.8 Å². The van der Waals surface area contributed by atoms with E-state index < -0.39 is 17.5 Å². The van der Waals surface area contributed by atoms with Crippen LogP contribution < -0.4 is 16.4 Å². The van der Waals surface area contributed by atoms with Crippen LogP contribution in [0.4, 0.5) is 30.8 Å². The number of carbonyl (C=O) groups is 1. The van der Waals surface area contributed by atoms with Crippen LogP contribution in [0.3, 0.4) is 0 Å². The number of hydrogen-bond donors (Lipinski definition) is 3. The van der Waals surface area contributed by atoms with Gasteiger partial charge in [-0.15, -0.1) is 0 Å². The molecule has 0 unspecified atom stereocenters. The lowest BCUT2D eigenvalue weighted by Gasteiger charge is -2.26. The smallest absolute Gasteiger partial charge is 0.323 e. The first-order valence-corrected chi connectivity index (χ1v) is 12.7. The van der Waals surface area contributed by atoms with E-state index >= 15 is 0 Å². The monoisotopic (exact) mass is 535 g/mol. The average molecular weight is 536 g/mol. The number of alkyl halides is 1. The van der Waals surface area contributed by atoms with E-state index in [1.54, 1.807) is 6.07 Å². The van der Waals surface area contributed by atoms with Crippen molar-refractivity contribution in [1.29, 1.82) is 0 Å². The molecule has 4 aromatic rings. The summed E-state index contributed by atoms with van der Waals surface area (Å²) >= 11 is 0. The number of hydrogen-bond acceptors (Lipinski definition) is 6. The van der Waals surface area contributed by atoms with Crippen molar-refractivity contribution in [3.63, 3.8) is 0 Å². The van der Waals surface area contributed by atoms with E-state index in [9.17, 15) is 13.6 Å². The molecule has 1 aliphatic rings. The molecular weight excluding hydrogens is 504 g/mol. The average Bonchev–Trinajstić information content (AvgIpc) is 3.24. The number of aromatic nitrogens is 3. The molecule has 1 fully saturated rings. The van der Waals surface area contributed by atoms with Crippen molar-refractivity contribution in [3.8, 4) is 11.1 Å². The third kappa shape index (κ3) is 5.69. The van der Waals surface area contributed by atoms with Gasteiger partial charge in [-0.05, 0) is 67.8 Å². The Labute approximate surface area is 225 Å². The Morgan fingerprint density at radius 1 is 1.10 bits per heavy atom. The van der Waals surface area contributed by atoms with Crippen LogP contribution in [0.15, 0.2) is 48.8 Å². The number of halogens is 2. The minimum absolute atomic E-state index is 0.104. The van der Waals surface area contributed by atoms with E-state index in [1.807, 2.05) is 23.6 Å². The summed E-state index contributed by atoms with van der Waals surface area (Å²) in [5.74, 6) is -0.284. The molecule has 0 spiro atoms. The molecule has 2 amide bonds. The molecule has 2 aromatic heterocycles. The van der Waals surface area contributed by atoms with Crippen LogP contribution in [0, 0.1) is 12.7 Å². The van der Waals surface area contributed by atoms with Gasteiger partial charge in [-0.25, -0.2) is 23.1 Å². The van der Waals surface area contributed by atoms with Crippen molar-refractivity contribution in [1.82, 2.24) is 19.5 Å². The van der Waals surface area contributed by atoms with Gasteiger partial charge in [-0.2, -0.15) is 5.10 Å². The lowest BCUT2D eigenvalue weighted by Crippen LogP contribution is -2.36. The van der Waals surface area contributed by atoms with Crippen molar-refractivity contribution in [2.24, 2.45) is 0 Å². The van der Waals surface area contributed by atoms with Crippen LogP contribution in [0.25, 0.3) is 16.6 Å². The summed E-state index contributed by atoms with van der Waals surface area (Å²) in [6, 6.07) is 10.7. The maximum atomic E-state index is 14.3. The van der Waals surface area contributed by atoms with E-state index in [0.717, 1.165) is 41.5 Å². The molecule has 9 nitrogen and oxygen atoms in total. The topological polar surface area (TPSA) is 110 Å². The first-order chi connectivity index (χ1) is 18.6. The number of nitrogens with zero attached hydrogens (tertiary/aromatic N) is 4. The number of aryl methyl sites for hydroxylation is 1. The van der Waals surface area contributed by atoms with Crippen LogP contribution in [0.1, 0.15) is 30.7 Å². The van der Waals surface area contributed by atoms with Crippen LogP contribution in [0.2, 0.25) is 0 Å². The highest BCUT2D eigenvalue weighted by Gasteiger charge is 2.22. The fourth-order valence-electron chi connectivity index (χ4n) is 4.76. The van der Waals surface area contributed by atoms with Crippen LogP contribution >= 0.6 is 0 Å². The number of carbonyl (C=O) groups excluding carboxylic acids is 1. The second-order valence-electron chi connectivity index (χ2n) is 10.1. The van der Waals surface area contributed by atoms with Gasteiger partial charge in [-0.3, -0.25) is 4.90 Å². The van der Waals surface area contributed by atoms with Crippen molar-refractivity contribution in [2.45, 2.75) is 33.0 Å². The Morgan fingerprint density at radius 2 is 1.87 bits per heavy atom. The van der Waals surface area contributed by atoms with Gasteiger partial charge in [0, 0.05) is 30.9 Å². The third-order valence-corrected chi connectivity index (χ3v) is 6.82. The van der Waals surface area contributed by atoms with Gasteiger partial charge in [0.1, 0.15) is 23.3 Å². The summed E-state index contributed by atoms with van der Waals surface area (Å²) in [5.41, 5.74) is 9.66. The highest BCUT2D eigenvalue weighted by atomic mass is 19.1. The molecule has 1 aliphatic heterocycles. The summed E-state index contributed by atoms with van der Waals surface area (Å²) in [4.78, 5) is 19.1. The van der Waals surface area contributed by atoms with Crippen LogP contribution in [-0.4, -0.2) is 51.8 Å². The Balaban J connectivity index is 1.38. The van der Waals surface area contributed by atoms with Crippen molar-refractivity contribution < 1.29 is 18.3 Å². The van der Waals surface area contributed by atoms with Crippen molar-refractivity contribution >= 4 is 28.7 Å². The number of fused-ring (bicyclic) bond motifs is 1. The van der Waals surface area contributed by atoms with Gasteiger partial charge in [0.25, 0.3) is 0 Å². The molecule has 39 heavy (non-hydrogen) atoms. The predicted octanol–water partition coefficient (Wildman–Crippen LogP) is 5.11. The molecule has 11 heteroatoms. The summed E-state index contributed by atoms with van der Waals surface area (Å²) in [7, 11) is 0. The zero-order valence-corrected chi connectivity index (χ0v) is 22.1. The normalized spacial score (nSPS) is 14.5. The fourth-order valence-corrected chi connectivity index (χ4v) is 4.76. The maximum absolute atomic E-state index is 14.3. The molecule has 1 saturated heterocycles. The van der Waals surface area contributed by atoms with Gasteiger partial charge >= 0.3 is 6.03 Å². The number of anilines is 3. The first-order valence-electron chi connectivity index (χ1n) is 12.7. The molecule has 0 saturated carbocycles. The Hall–Kier alpha value is -4.09. The lowest BCUT2D eigenvalue weighted by atomic mass is 9.99. The van der Waals surface area contributed by atoms with Crippen LogP contribution in [0.5, 0.6) is 0 Å². The van der Waals surface area contributed by atoms with Gasteiger partial charge < -0.3 is 21.1 Å². The standard InChI is InChI=1S/C28H31F2N7O2/c1-17-12-19(34-27(38)35-24-13-18(28(2,3)30)4-7-23(24)29)5-6-21(17)22-14-20(15-36-8-10-39-11-9-36)37-25(22)26(31)32-16-33-37/h4-7,12-14,16H,8-11,15H2,1-3H3,(H2,31,32,33)(H2,34,35,38). The quantitative estimate of drug-likeness (QED) is 0.317. The summed E-state index contributed by atoms with van der Waals surface area (Å²) in [6.45, 7) is 8.42. The Kier molecular flexibility index (Phi) is 7.19. The molecular formula is C28H31F2N7O2. The van der Waals surface area contributed by atoms with Gasteiger partial charge in [0.2, 0.25) is 0 Å². The second kappa shape index (κ2) is 10.6. The minimum Gasteiger partial charge on any atom is -0.382 e. The highest BCUT2D eigenvalue weighted by Crippen LogP contribution is 2.34. The number of benzene rings is 2. The molecule has 3 heterocycles. The van der Waals surface area contributed by atoms with E-state index in [-0.39, 0.29) is 11.3 Å². The van der Waals surface area contributed by atoms with Crippen LogP contribution in [-0.2, 0) is 17.0 Å². The molecule has 5 rings (SSSR count). The number of rotatable bonds is 6. The molecule has 4 N–H and O–H groups in total. The SMILES string of the molecule is Cc1cc(NC(=O)Nc2cc(C(C)(C)F)ccc2F)ccc1-c1cc(CN2CCOCC2)n2ncnc(N)c12. The van der Waals surface area contributed by atoms with Gasteiger partial charge in [0.05, 0.1) is 24.6 Å². The minimum atomic E-state index is -1.67. The number of nitrogens with one attached hydrogen (secondary N) is 2. The number of nitrogens with two attached hydrogens (primary N) is 1. The molecule has 0 bridgehead atoms. The molecule has 0 atom stereocenters.